The van der Waals surface area contributed by atoms with Crippen LogP contribution >= 0.6 is 0 Å². The van der Waals surface area contributed by atoms with E-state index < -0.39 is 6.09 Å². The van der Waals surface area contributed by atoms with E-state index in [0.717, 1.165) is 72.8 Å². The van der Waals surface area contributed by atoms with Crippen molar-refractivity contribution in [1.29, 1.82) is 5.26 Å². The van der Waals surface area contributed by atoms with Crippen LogP contribution in [0.15, 0.2) is 48.5 Å². The van der Waals surface area contributed by atoms with E-state index in [2.05, 4.69) is 46.0 Å². The first-order valence-corrected chi connectivity index (χ1v) is 16.4. The largest absolute Gasteiger partial charge is 0.491 e. The van der Waals surface area contributed by atoms with Gasteiger partial charge in [0.2, 0.25) is 0 Å². The van der Waals surface area contributed by atoms with Crippen LogP contribution in [0.25, 0.3) is 0 Å². The van der Waals surface area contributed by atoms with Crippen LogP contribution in [0.4, 0.5) is 16.3 Å². The third kappa shape index (κ3) is 6.27. The summed E-state index contributed by atoms with van der Waals surface area (Å²) in [6, 6.07) is 18.7. The molecule has 0 N–H and O–H groups in total. The van der Waals surface area contributed by atoms with E-state index in [4.69, 9.17) is 24.2 Å². The molecule has 5 heterocycles. The third-order valence-electron chi connectivity index (χ3n) is 9.68. The van der Waals surface area contributed by atoms with E-state index in [1.54, 1.807) is 4.90 Å². The Kier molecular flexibility index (Phi) is 8.79. The highest BCUT2D eigenvalue weighted by molar-refractivity contribution is 5.69. The van der Waals surface area contributed by atoms with Crippen LogP contribution in [0.2, 0.25) is 0 Å². The summed E-state index contributed by atoms with van der Waals surface area (Å²) < 4.78 is 18.0. The highest BCUT2D eigenvalue weighted by Gasteiger charge is 2.35. The predicted molar refractivity (Wildman–Crippen MR) is 173 cm³/mol. The monoisotopic (exact) mass is 623 g/mol. The van der Waals surface area contributed by atoms with Gasteiger partial charge in [-0.2, -0.15) is 15.2 Å². The molecule has 2 saturated heterocycles. The Morgan fingerprint density at radius 3 is 2.74 bits per heavy atom. The number of anilines is 2. The van der Waals surface area contributed by atoms with Crippen LogP contribution in [0, 0.1) is 11.3 Å². The Morgan fingerprint density at radius 1 is 1.02 bits per heavy atom. The summed E-state index contributed by atoms with van der Waals surface area (Å²) >= 11 is 0. The van der Waals surface area contributed by atoms with E-state index in [1.165, 1.54) is 5.56 Å². The minimum absolute atomic E-state index is 0.196. The fourth-order valence-corrected chi connectivity index (χ4v) is 7.10. The number of carbonyl (C=O) groups excluding carboxylic acids is 1. The number of ether oxygens (including phenoxy) is 3. The number of benzene rings is 2. The maximum atomic E-state index is 13.2. The molecule has 240 valence electrons. The van der Waals surface area contributed by atoms with Crippen molar-refractivity contribution in [1.82, 2.24) is 19.8 Å². The summed E-state index contributed by atoms with van der Waals surface area (Å²) in [5.41, 5.74) is 5.33. The number of likely N-dealkylation sites (N-methyl/N-ethyl adjacent to an activating group) is 1. The number of para-hydroxylation sites is 1. The number of aromatic nitrogens is 2. The number of likely N-dealkylation sites (tertiary alicyclic amines) is 1. The van der Waals surface area contributed by atoms with Crippen molar-refractivity contribution in [3.05, 3.63) is 70.9 Å². The second-order valence-corrected chi connectivity index (χ2v) is 12.6. The maximum Gasteiger partial charge on any atom is 0.410 e. The fourth-order valence-electron chi connectivity index (χ4n) is 7.10. The van der Waals surface area contributed by atoms with Gasteiger partial charge in [0.25, 0.3) is 0 Å². The smallest absolute Gasteiger partial charge is 0.410 e. The van der Waals surface area contributed by atoms with Crippen molar-refractivity contribution in [3.63, 3.8) is 0 Å². The highest BCUT2D eigenvalue weighted by Crippen LogP contribution is 2.39. The lowest BCUT2D eigenvalue weighted by molar-refractivity contribution is 0.0767. The summed E-state index contributed by atoms with van der Waals surface area (Å²) in [5.74, 6) is 1.82. The lowest BCUT2D eigenvalue weighted by atomic mass is 10.0. The number of amides is 1. The second-order valence-electron chi connectivity index (χ2n) is 12.6. The van der Waals surface area contributed by atoms with Crippen LogP contribution < -0.4 is 19.3 Å². The quantitative estimate of drug-likeness (QED) is 0.363. The molecule has 4 aliphatic rings. The molecule has 11 nitrogen and oxygen atoms in total. The van der Waals surface area contributed by atoms with Gasteiger partial charge in [-0.3, -0.25) is 0 Å². The van der Waals surface area contributed by atoms with Crippen molar-refractivity contribution in [3.8, 4) is 17.8 Å². The number of nitriles is 1. The first-order valence-electron chi connectivity index (χ1n) is 16.4. The first-order chi connectivity index (χ1) is 22.6. The van der Waals surface area contributed by atoms with E-state index in [-0.39, 0.29) is 19.1 Å². The van der Waals surface area contributed by atoms with Crippen LogP contribution in [0.5, 0.6) is 11.8 Å². The van der Waals surface area contributed by atoms with Gasteiger partial charge in [0.1, 0.15) is 24.8 Å². The van der Waals surface area contributed by atoms with Crippen molar-refractivity contribution in [2.24, 2.45) is 0 Å². The molecule has 2 aromatic carbocycles. The summed E-state index contributed by atoms with van der Waals surface area (Å²) in [7, 11) is 2.14. The van der Waals surface area contributed by atoms with Crippen molar-refractivity contribution >= 4 is 17.6 Å². The molecule has 4 aliphatic heterocycles. The van der Waals surface area contributed by atoms with Gasteiger partial charge in [-0.25, -0.2) is 4.79 Å². The van der Waals surface area contributed by atoms with E-state index >= 15 is 0 Å². The van der Waals surface area contributed by atoms with Crippen molar-refractivity contribution < 1.29 is 19.0 Å². The minimum Gasteiger partial charge on any atom is -0.491 e. The van der Waals surface area contributed by atoms with Gasteiger partial charge in [0, 0.05) is 44.2 Å². The van der Waals surface area contributed by atoms with Crippen LogP contribution in [0.1, 0.15) is 41.6 Å². The number of hydrogen-bond donors (Lipinski definition) is 0. The van der Waals surface area contributed by atoms with Crippen molar-refractivity contribution in [2.45, 2.75) is 57.3 Å². The minimum atomic E-state index is -0.397. The number of fused-ring (bicyclic) bond motifs is 2. The Balaban J connectivity index is 1.13. The Hall–Kier alpha value is -4.56. The molecule has 2 unspecified atom stereocenters. The average Bonchev–Trinajstić information content (AvgIpc) is 3.75. The normalized spacial score (nSPS) is 20.9. The molecule has 3 aromatic rings. The number of rotatable bonds is 8. The third-order valence-corrected chi connectivity index (χ3v) is 9.68. The molecule has 0 spiro atoms. The fraction of sp³-hybridized carbons (Fsp3) is 0.486. The molecule has 0 saturated carbocycles. The molecule has 2 fully saturated rings. The molecule has 11 heteroatoms. The zero-order chi connectivity index (χ0) is 31.5. The standard InChI is InChI=1S/C35H41N7O4/c1-39-16-6-10-28(39)24-45-34-37-30-22-40(31-11-5-9-26-14-20-44-32(26)31)17-13-29(30)33(38-34)41-18-19-42(27(21-41)12-15-36)35(43)46-23-25-7-3-2-4-8-25/h2-5,7-9,11,27-28H,6,10,12-14,16-24H2,1H3. The van der Waals surface area contributed by atoms with E-state index in [9.17, 15) is 10.1 Å². The first kappa shape index (κ1) is 30.1. The molecule has 0 bridgehead atoms. The van der Waals surface area contributed by atoms with E-state index in [0.29, 0.717) is 51.4 Å². The zero-order valence-corrected chi connectivity index (χ0v) is 26.4. The Labute approximate surface area is 270 Å². The van der Waals surface area contributed by atoms with E-state index in [1.807, 2.05) is 30.3 Å². The number of piperazine rings is 1. The average molecular weight is 624 g/mol. The predicted octanol–water partition coefficient (Wildman–Crippen LogP) is 4.19. The number of hydrogen-bond acceptors (Lipinski definition) is 10. The highest BCUT2D eigenvalue weighted by atomic mass is 16.6. The van der Waals surface area contributed by atoms with Crippen LogP contribution in [0.3, 0.4) is 0 Å². The maximum absolute atomic E-state index is 13.2. The van der Waals surface area contributed by atoms with Crippen LogP contribution in [-0.4, -0.2) is 90.9 Å². The molecule has 0 aliphatic carbocycles. The lowest BCUT2D eigenvalue weighted by Crippen LogP contribution is -2.55. The summed E-state index contributed by atoms with van der Waals surface area (Å²) in [6.45, 7) is 5.43. The number of carbonyl (C=O) groups is 1. The topological polar surface area (TPSA) is 107 Å². The van der Waals surface area contributed by atoms with Gasteiger partial charge in [0.05, 0.1) is 43.1 Å². The SMILES string of the molecule is CN1CCCC1COc1nc2c(c(N3CCN(C(=O)OCc4ccccc4)C(CC#N)C3)n1)CCN(c1cccc3c1OCC3)C2. The second kappa shape index (κ2) is 13.4. The summed E-state index contributed by atoms with van der Waals surface area (Å²) in [6.07, 6.45) is 3.77. The van der Waals surface area contributed by atoms with Crippen LogP contribution in [-0.2, 0) is 30.7 Å². The van der Waals surface area contributed by atoms with Crippen molar-refractivity contribution in [2.75, 3.05) is 62.8 Å². The molecule has 0 radical (unpaired) electrons. The van der Waals surface area contributed by atoms with Gasteiger partial charge < -0.3 is 33.8 Å². The van der Waals surface area contributed by atoms with Gasteiger partial charge >= 0.3 is 12.1 Å². The van der Waals surface area contributed by atoms with Gasteiger partial charge in [-0.1, -0.05) is 42.5 Å². The molecular formula is C35H41N7O4. The Bertz CT molecular complexity index is 1600. The van der Waals surface area contributed by atoms with Gasteiger partial charge in [0.15, 0.2) is 0 Å². The molecule has 2 atom stereocenters. The Morgan fingerprint density at radius 2 is 1.91 bits per heavy atom. The summed E-state index contributed by atoms with van der Waals surface area (Å²) in [4.78, 5) is 31.7. The molecular weight excluding hydrogens is 582 g/mol. The lowest BCUT2D eigenvalue weighted by Gasteiger charge is -2.42. The van der Waals surface area contributed by atoms with Gasteiger partial charge in [-0.05, 0) is 50.0 Å². The zero-order valence-electron chi connectivity index (χ0n) is 26.4. The van der Waals surface area contributed by atoms with Gasteiger partial charge in [-0.15, -0.1) is 0 Å². The molecule has 7 rings (SSSR count). The molecule has 46 heavy (non-hydrogen) atoms. The molecule has 1 aromatic heterocycles. The molecule has 1 amide bonds. The summed E-state index contributed by atoms with van der Waals surface area (Å²) in [5, 5.41) is 9.71. The number of nitrogens with zero attached hydrogens (tertiary/aromatic N) is 7.